The lowest BCUT2D eigenvalue weighted by Crippen LogP contribution is -2.35. The molecule has 0 saturated heterocycles. The summed E-state index contributed by atoms with van der Waals surface area (Å²) >= 11 is 0. The van der Waals surface area contributed by atoms with Gasteiger partial charge >= 0.3 is 5.97 Å². The van der Waals surface area contributed by atoms with Crippen molar-refractivity contribution in [3.8, 4) is 0 Å². The molecule has 0 fully saturated rings. The summed E-state index contributed by atoms with van der Waals surface area (Å²) in [7, 11) is 0. The van der Waals surface area contributed by atoms with Gasteiger partial charge in [0.15, 0.2) is 5.78 Å². The summed E-state index contributed by atoms with van der Waals surface area (Å²) in [5.74, 6) is -1.67. The number of Topliss-reactive ketones (excluding diaryl/α,β-unsaturated/α-hetero) is 2. The molecule has 0 spiro atoms. The average molecular weight is 403 g/mol. The molecule has 5 heteroatoms. The third kappa shape index (κ3) is 7.58. The van der Waals surface area contributed by atoms with E-state index in [1.54, 1.807) is 26.0 Å². The van der Waals surface area contributed by atoms with Crippen LogP contribution in [0.1, 0.15) is 60.3 Å². The number of hydrogen-bond donors (Lipinski definition) is 1. The fourth-order valence-corrected chi connectivity index (χ4v) is 3.83. The van der Waals surface area contributed by atoms with Gasteiger partial charge in [-0.25, -0.2) is 4.79 Å². The fraction of sp³-hybridized carbons (Fsp3) is 0.542. The Morgan fingerprint density at radius 2 is 2.00 bits per heavy atom. The minimum Gasteiger partial charge on any atom is -0.432 e. The molecule has 1 aliphatic carbocycles. The van der Waals surface area contributed by atoms with Crippen molar-refractivity contribution >= 4 is 17.5 Å². The number of hydrogen-bond acceptors (Lipinski definition) is 5. The minimum atomic E-state index is -0.595. The standard InChI is InChI=1S/C24H34O5/c1-6-7-8-11-24(5)12-9-19(16-25)23(28)20(15-18(4)26)21(24)10-13-29-22(27)14-17(2)3/h6-7,9-10,13-14,20-21,25H,8,11-12,15-16H2,1-5H3/b7-6-,13-10+/t20-,21+,24+/m1/s1. The maximum atomic E-state index is 13.0. The third-order valence-electron chi connectivity index (χ3n) is 5.38. The molecule has 0 amide bonds. The maximum absolute atomic E-state index is 13.0. The molecule has 0 radical (unpaired) electrons. The van der Waals surface area contributed by atoms with Crippen molar-refractivity contribution in [3.63, 3.8) is 0 Å². The average Bonchev–Trinajstić information content (AvgIpc) is 2.71. The molecule has 0 unspecified atom stereocenters. The quantitative estimate of drug-likeness (QED) is 0.266. The van der Waals surface area contributed by atoms with Gasteiger partial charge in [0.05, 0.1) is 12.9 Å². The van der Waals surface area contributed by atoms with Gasteiger partial charge in [-0.15, -0.1) is 0 Å². The van der Waals surface area contributed by atoms with Crippen molar-refractivity contribution in [1.82, 2.24) is 0 Å². The van der Waals surface area contributed by atoms with Gasteiger partial charge in [0, 0.05) is 24.0 Å². The summed E-state index contributed by atoms with van der Waals surface area (Å²) in [6.45, 7) is 8.77. The number of aliphatic hydroxyl groups excluding tert-OH is 1. The Labute approximate surface area is 174 Å². The Morgan fingerprint density at radius 1 is 1.31 bits per heavy atom. The van der Waals surface area contributed by atoms with Crippen LogP contribution in [0.15, 0.2) is 47.8 Å². The second-order valence-corrected chi connectivity index (χ2v) is 8.24. The van der Waals surface area contributed by atoms with Crippen LogP contribution in [0.5, 0.6) is 0 Å². The van der Waals surface area contributed by atoms with Crippen molar-refractivity contribution in [3.05, 3.63) is 47.8 Å². The second kappa shape index (κ2) is 11.7. The molecule has 29 heavy (non-hydrogen) atoms. The molecule has 1 N–H and O–H groups in total. The van der Waals surface area contributed by atoms with Crippen LogP contribution >= 0.6 is 0 Å². The molecule has 0 aromatic rings. The molecule has 1 aliphatic rings. The van der Waals surface area contributed by atoms with Crippen LogP contribution in [0.4, 0.5) is 0 Å². The monoisotopic (exact) mass is 402 g/mol. The summed E-state index contributed by atoms with van der Waals surface area (Å²) in [5, 5.41) is 9.66. The highest BCUT2D eigenvalue weighted by Gasteiger charge is 2.43. The molecule has 0 aromatic carbocycles. The van der Waals surface area contributed by atoms with Gasteiger partial charge in [-0.2, -0.15) is 0 Å². The summed E-state index contributed by atoms with van der Waals surface area (Å²) in [6.07, 6.45) is 12.6. The van der Waals surface area contributed by atoms with Crippen molar-refractivity contribution in [2.45, 2.75) is 60.3 Å². The number of carbonyl (C=O) groups excluding carboxylic acids is 3. The van der Waals surface area contributed by atoms with Crippen molar-refractivity contribution < 1.29 is 24.2 Å². The Kier molecular flexibility index (Phi) is 9.96. The fourth-order valence-electron chi connectivity index (χ4n) is 3.83. The van der Waals surface area contributed by atoms with E-state index in [1.165, 1.54) is 19.3 Å². The normalized spacial score (nSPS) is 25.0. The van der Waals surface area contributed by atoms with E-state index >= 15 is 0 Å². The van der Waals surface area contributed by atoms with E-state index in [-0.39, 0.29) is 35.9 Å². The van der Waals surface area contributed by atoms with Crippen LogP contribution in [0.25, 0.3) is 0 Å². The number of ether oxygens (including phenoxy) is 1. The third-order valence-corrected chi connectivity index (χ3v) is 5.38. The molecular formula is C24H34O5. The predicted molar refractivity (Wildman–Crippen MR) is 114 cm³/mol. The zero-order chi connectivity index (χ0) is 22.0. The summed E-state index contributed by atoms with van der Waals surface area (Å²) in [6, 6.07) is 0. The van der Waals surface area contributed by atoms with E-state index in [9.17, 15) is 19.5 Å². The number of aliphatic hydroxyl groups is 1. The Morgan fingerprint density at radius 3 is 2.55 bits per heavy atom. The lowest BCUT2D eigenvalue weighted by molar-refractivity contribution is -0.132. The van der Waals surface area contributed by atoms with E-state index in [4.69, 9.17) is 4.74 Å². The Balaban J connectivity index is 3.31. The predicted octanol–water partition coefficient (Wildman–Crippen LogP) is 4.48. The SMILES string of the molecule is C/C=C\CC[C@@]1(C)CC=C(CO)C(=O)[C@H](CC(C)=O)[C@@H]1/C=C/OC(=O)C=C(C)C. The van der Waals surface area contributed by atoms with Crippen LogP contribution in [-0.2, 0) is 19.1 Å². The number of allylic oxidation sites excluding steroid dienone is 5. The smallest absolute Gasteiger partial charge is 0.335 e. The van der Waals surface area contributed by atoms with E-state index in [2.05, 4.69) is 13.0 Å². The molecule has 1 rings (SSSR count). The minimum absolute atomic E-state index is 0.0849. The topological polar surface area (TPSA) is 80.7 Å². The van der Waals surface area contributed by atoms with Crippen LogP contribution < -0.4 is 0 Å². The molecule has 160 valence electrons. The van der Waals surface area contributed by atoms with E-state index in [0.29, 0.717) is 12.0 Å². The van der Waals surface area contributed by atoms with E-state index < -0.39 is 11.9 Å². The molecule has 0 saturated carbocycles. The lowest BCUT2D eigenvalue weighted by atomic mass is 9.65. The summed E-state index contributed by atoms with van der Waals surface area (Å²) in [4.78, 5) is 36.8. The number of ketones is 2. The largest absolute Gasteiger partial charge is 0.432 e. The second-order valence-electron chi connectivity index (χ2n) is 8.24. The first-order valence-corrected chi connectivity index (χ1v) is 10.1. The van der Waals surface area contributed by atoms with Gasteiger partial charge in [-0.05, 0) is 64.4 Å². The number of rotatable bonds is 9. The maximum Gasteiger partial charge on any atom is 0.335 e. The Hall–Kier alpha value is -2.27. The number of carbonyl (C=O) groups is 3. The zero-order valence-corrected chi connectivity index (χ0v) is 18.2. The van der Waals surface area contributed by atoms with Crippen molar-refractivity contribution in [2.24, 2.45) is 17.3 Å². The molecule has 0 bridgehead atoms. The molecule has 5 nitrogen and oxygen atoms in total. The van der Waals surface area contributed by atoms with Gasteiger partial charge in [0.1, 0.15) is 5.78 Å². The number of esters is 1. The van der Waals surface area contributed by atoms with Gasteiger partial charge in [-0.1, -0.05) is 30.7 Å². The molecular weight excluding hydrogens is 368 g/mol. The highest BCUT2D eigenvalue weighted by molar-refractivity contribution is 6.00. The van der Waals surface area contributed by atoms with Crippen LogP contribution in [0.2, 0.25) is 0 Å². The first-order chi connectivity index (χ1) is 13.6. The van der Waals surface area contributed by atoms with Crippen molar-refractivity contribution in [2.75, 3.05) is 6.61 Å². The highest BCUT2D eigenvalue weighted by atomic mass is 16.5. The Bertz CT molecular complexity index is 722. The van der Waals surface area contributed by atoms with Gasteiger partial charge in [0.2, 0.25) is 0 Å². The zero-order valence-electron chi connectivity index (χ0n) is 18.2. The van der Waals surface area contributed by atoms with E-state index in [1.807, 2.05) is 13.0 Å². The molecule has 0 heterocycles. The van der Waals surface area contributed by atoms with Gasteiger partial charge in [0.25, 0.3) is 0 Å². The van der Waals surface area contributed by atoms with Crippen LogP contribution in [0.3, 0.4) is 0 Å². The first kappa shape index (κ1) is 24.8. The van der Waals surface area contributed by atoms with E-state index in [0.717, 1.165) is 18.4 Å². The summed E-state index contributed by atoms with van der Waals surface area (Å²) in [5.41, 5.74) is 0.854. The summed E-state index contributed by atoms with van der Waals surface area (Å²) < 4.78 is 5.18. The first-order valence-electron chi connectivity index (χ1n) is 10.1. The molecule has 0 aromatic heterocycles. The van der Waals surface area contributed by atoms with Crippen molar-refractivity contribution in [1.29, 1.82) is 0 Å². The lowest BCUT2D eigenvalue weighted by Gasteiger charge is -2.38. The van der Waals surface area contributed by atoms with Gasteiger partial charge in [-0.3, -0.25) is 4.79 Å². The highest BCUT2D eigenvalue weighted by Crippen LogP contribution is 2.46. The van der Waals surface area contributed by atoms with Crippen LogP contribution in [-0.4, -0.2) is 29.2 Å². The molecule has 0 aliphatic heterocycles. The molecule has 3 atom stereocenters. The van der Waals surface area contributed by atoms with Gasteiger partial charge < -0.3 is 14.6 Å². The van der Waals surface area contributed by atoms with Crippen LogP contribution in [0, 0.1) is 17.3 Å².